The Balaban J connectivity index is 0.00000176. The van der Waals surface area contributed by atoms with Crippen LogP contribution in [0.15, 0.2) is 29.3 Å². The third kappa shape index (κ3) is 3.91. The molecule has 0 bridgehead atoms. The van der Waals surface area contributed by atoms with Crippen LogP contribution in [-0.2, 0) is 11.2 Å². The molecule has 3 N–H and O–H groups in total. The number of rotatable bonds is 3. The number of nitrogens with one attached hydrogen (secondary N) is 1. The van der Waals surface area contributed by atoms with E-state index in [-0.39, 0.29) is 36.4 Å². The Labute approximate surface area is 148 Å². The number of guanidine groups is 1. The van der Waals surface area contributed by atoms with Crippen molar-refractivity contribution in [2.24, 2.45) is 10.7 Å². The number of aliphatic imine (C=N–C) groups is 1. The minimum Gasteiger partial charge on any atom is -0.370 e. The average molecular weight is 414 g/mol. The minimum absolute atomic E-state index is 0. The lowest BCUT2D eigenvalue weighted by Crippen LogP contribution is -2.40. The number of carbonyl (C=O) groups is 1. The van der Waals surface area contributed by atoms with Gasteiger partial charge in [-0.3, -0.25) is 4.79 Å². The maximum atomic E-state index is 12.3. The average Bonchev–Trinajstić information content (AvgIpc) is 3.13. The second kappa shape index (κ2) is 7.80. The molecule has 22 heavy (non-hydrogen) atoms. The van der Waals surface area contributed by atoms with Crippen molar-refractivity contribution in [3.8, 4) is 0 Å². The molecule has 1 aliphatic carbocycles. The summed E-state index contributed by atoms with van der Waals surface area (Å²) in [6, 6.07) is 8.46. The van der Waals surface area contributed by atoms with E-state index in [1.54, 1.807) is 0 Å². The van der Waals surface area contributed by atoms with E-state index in [9.17, 15) is 4.79 Å². The number of para-hydroxylation sites is 1. The maximum absolute atomic E-state index is 12.3. The lowest BCUT2D eigenvalue weighted by atomic mass is 10.2. The van der Waals surface area contributed by atoms with Crippen LogP contribution < -0.4 is 16.0 Å². The first kappa shape index (κ1) is 17.1. The zero-order valence-electron chi connectivity index (χ0n) is 12.6. The second-order valence-corrected chi connectivity index (χ2v) is 5.75. The molecule has 120 valence electrons. The number of nitrogens with two attached hydrogens (primary N) is 1. The molecule has 5 nitrogen and oxygen atoms in total. The highest BCUT2D eigenvalue weighted by molar-refractivity contribution is 14.0. The second-order valence-electron chi connectivity index (χ2n) is 5.75. The van der Waals surface area contributed by atoms with Gasteiger partial charge < -0.3 is 16.0 Å². The zero-order valence-corrected chi connectivity index (χ0v) is 15.0. The third-order valence-electron chi connectivity index (χ3n) is 4.28. The molecule has 1 saturated carbocycles. The number of hydrogen-bond donors (Lipinski definition) is 2. The summed E-state index contributed by atoms with van der Waals surface area (Å²) in [6.45, 7) is 0.851. The van der Waals surface area contributed by atoms with Crippen molar-refractivity contribution in [1.82, 2.24) is 5.32 Å². The SMILES string of the molecule is I.NC(=NCC(=O)N1CCc2ccccc21)NC1CCCC1. The van der Waals surface area contributed by atoms with Gasteiger partial charge in [0.1, 0.15) is 6.54 Å². The summed E-state index contributed by atoms with van der Waals surface area (Å²) in [6.07, 6.45) is 5.69. The Morgan fingerprint density at radius 3 is 2.82 bits per heavy atom. The molecule has 1 aliphatic heterocycles. The van der Waals surface area contributed by atoms with Gasteiger partial charge in [0.05, 0.1) is 0 Å². The predicted octanol–water partition coefficient (Wildman–Crippen LogP) is 2.04. The summed E-state index contributed by atoms with van der Waals surface area (Å²) in [5.41, 5.74) is 8.11. The van der Waals surface area contributed by atoms with Gasteiger partial charge >= 0.3 is 0 Å². The molecule has 3 rings (SSSR count). The topological polar surface area (TPSA) is 70.7 Å². The van der Waals surface area contributed by atoms with Gasteiger partial charge in [-0.1, -0.05) is 31.0 Å². The summed E-state index contributed by atoms with van der Waals surface area (Å²) >= 11 is 0. The Bertz CT molecular complexity index is 555. The molecule has 0 atom stereocenters. The zero-order chi connectivity index (χ0) is 14.7. The first-order chi connectivity index (χ1) is 10.2. The Kier molecular flexibility index (Phi) is 6.05. The quantitative estimate of drug-likeness (QED) is 0.452. The number of hydrogen-bond acceptors (Lipinski definition) is 2. The van der Waals surface area contributed by atoms with Crippen LogP contribution in [0.3, 0.4) is 0 Å². The highest BCUT2D eigenvalue weighted by Crippen LogP contribution is 2.27. The molecule has 1 fully saturated rings. The molecule has 0 aromatic heterocycles. The van der Waals surface area contributed by atoms with Crippen LogP contribution >= 0.6 is 24.0 Å². The van der Waals surface area contributed by atoms with E-state index in [4.69, 9.17) is 5.73 Å². The standard InChI is InChI=1S/C16H22N4O.HI/c17-16(19-13-6-2-3-7-13)18-11-15(21)20-10-9-12-5-1-4-8-14(12)20;/h1,4-5,8,13H,2-3,6-7,9-11H2,(H3,17,18,19);1H. The molecule has 0 spiro atoms. The summed E-state index contributed by atoms with van der Waals surface area (Å²) in [4.78, 5) is 18.3. The molecular formula is C16H23IN4O. The summed E-state index contributed by atoms with van der Waals surface area (Å²) < 4.78 is 0. The fourth-order valence-corrected chi connectivity index (χ4v) is 3.16. The van der Waals surface area contributed by atoms with Crippen molar-refractivity contribution < 1.29 is 4.79 Å². The fraction of sp³-hybridized carbons (Fsp3) is 0.500. The van der Waals surface area contributed by atoms with E-state index in [2.05, 4.69) is 16.4 Å². The lowest BCUT2D eigenvalue weighted by molar-refractivity contribution is -0.117. The lowest BCUT2D eigenvalue weighted by Gasteiger charge is -2.17. The molecule has 2 aliphatic rings. The van der Waals surface area contributed by atoms with Gasteiger partial charge in [0.15, 0.2) is 5.96 Å². The van der Waals surface area contributed by atoms with Crippen molar-refractivity contribution in [1.29, 1.82) is 0 Å². The number of halogens is 1. The number of anilines is 1. The predicted molar refractivity (Wildman–Crippen MR) is 99.8 cm³/mol. The normalized spacial score (nSPS) is 18.0. The van der Waals surface area contributed by atoms with Gasteiger partial charge in [0.2, 0.25) is 5.91 Å². The van der Waals surface area contributed by atoms with Gasteiger partial charge in [0.25, 0.3) is 0 Å². The number of benzene rings is 1. The van der Waals surface area contributed by atoms with Crippen LogP contribution in [0.2, 0.25) is 0 Å². The van der Waals surface area contributed by atoms with Crippen molar-refractivity contribution >= 4 is 41.5 Å². The van der Waals surface area contributed by atoms with Gasteiger partial charge in [0, 0.05) is 18.3 Å². The first-order valence-corrected chi connectivity index (χ1v) is 7.69. The monoisotopic (exact) mass is 414 g/mol. The van der Waals surface area contributed by atoms with Gasteiger partial charge in [-0.05, 0) is 30.9 Å². The fourth-order valence-electron chi connectivity index (χ4n) is 3.16. The van der Waals surface area contributed by atoms with Crippen LogP contribution in [0.4, 0.5) is 5.69 Å². The molecular weight excluding hydrogens is 391 g/mol. The van der Waals surface area contributed by atoms with E-state index in [1.807, 2.05) is 23.1 Å². The number of amides is 1. The van der Waals surface area contributed by atoms with Crippen molar-refractivity contribution in [2.45, 2.75) is 38.1 Å². The van der Waals surface area contributed by atoms with Crippen LogP contribution in [0.5, 0.6) is 0 Å². The Morgan fingerprint density at radius 1 is 1.32 bits per heavy atom. The highest BCUT2D eigenvalue weighted by atomic mass is 127. The van der Waals surface area contributed by atoms with Crippen LogP contribution in [0.25, 0.3) is 0 Å². The van der Waals surface area contributed by atoms with E-state index in [0.717, 1.165) is 31.5 Å². The van der Waals surface area contributed by atoms with Crippen molar-refractivity contribution in [2.75, 3.05) is 18.0 Å². The van der Waals surface area contributed by atoms with Gasteiger partial charge in [-0.15, -0.1) is 24.0 Å². The molecule has 6 heteroatoms. The molecule has 1 heterocycles. The largest absolute Gasteiger partial charge is 0.370 e. The Morgan fingerprint density at radius 2 is 2.05 bits per heavy atom. The molecule has 0 unspecified atom stereocenters. The number of fused-ring (bicyclic) bond motifs is 1. The smallest absolute Gasteiger partial charge is 0.248 e. The first-order valence-electron chi connectivity index (χ1n) is 7.69. The molecule has 1 amide bonds. The van der Waals surface area contributed by atoms with Crippen molar-refractivity contribution in [3.63, 3.8) is 0 Å². The third-order valence-corrected chi connectivity index (χ3v) is 4.28. The number of carbonyl (C=O) groups excluding carboxylic acids is 1. The summed E-state index contributed by atoms with van der Waals surface area (Å²) in [7, 11) is 0. The molecule has 1 aromatic carbocycles. The molecule has 1 aromatic rings. The van der Waals surface area contributed by atoms with E-state index < -0.39 is 0 Å². The van der Waals surface area contributed by atoms with Crippen molar-refractivity contribution in [3.05, 3.63) is 29.8 Å². The summed E-state index contributed by atoms with van der Waals surface area (Å²) in [5, 5.41) is 3.20. The number of nitrogens with zero attached hydrogens (tertiary/aromatic N) is 2. The summed E-state index contributed by atoms with van der Waals surface area (Å²) in [5.74, 6) is 0.402. The maximum Gasteiger partial charge on any atom is 0.248 e. The van der Waals surface area contributed by atoms with Crippen LogP contribution in [0, 0.1) is 0 Å². The Hall–Kier alpha value is -1.31. The van der Waals surface area contributed by atoms with Gasteiger partial charge in [-0.2, -0.15) is 0 Å². The van der Waals surface area contributed by atoms with Gasteiger partial charge in [-0.25, -0.2) is 4.99 Å². The molecule has 0 saturated heterocycles. The van der Waals surface area contributed by atoms with Crippen LogP contribution in [-0.4, -0.2) is 31.0 Å². The van der Waals surface area contributed by atoms with E-state index in [1.165, 1.54) is 18.4 Å². The van der Waals surface area contributed by atoms with Crippen LogP contribution in [0.1, 0.15) is 31.2 Å². The van der Waals surface area contributed by atoms with E-state index >= 15 is 0 Å². The highest BCUT2D eigenvalue weighted by Gasteiger charge is 2.23. The van der Waals surface area contributed by atoms with E-state index in [0.29, 0.717) is 12.0 Å². The molecule has 0 radical (unpaired) electrons. The minimum atomic E-state index is 0.